The van der Waals surface area contributed by atoms with E-state index in [9.17, 15) is 14.7 Å². The lowest BCUT2D eigenvalue weighted by Crippen LogP contribution is -2.38. The first-order chi connectivity index (χ1) is 11.0. The summed E-state index contributed by atoms with van der Waals surface area (Å²) in [7, 11) is 0. The summed E-state index contributed by atoms with van der Waals surface area (Å²) in [5, 5.41) is 12.3. The molecule has 1 aliphatic heterocycles. The van der Waals surface area contributed by atoms with Crippen LogP contribution in [0.2, 0.25) is 0 Å². The zero-order valence-electron chi connectivity index (χ0n) is 14.1. The van der Waals surface area contributed by atoms with Gasteiger partial charge in [-0.2, -0.15) is 0 Å². The average Bonchev–Trinajstić information content (AvgIpc) is 2.84. The summed E-state index contributed by atoms with van der Waals surface area (Å²) >= 11 is 0. The fourth-order valence-corrected chi connectivity index (χ4v) is 3.26. The van der Waals surface area contributed by atoms with Gasteiger partial charge in [0, 0.05) is 31.5 Å². The molecule has 1 aliphatic rings. The zero-order chi connectivity index (χ0) is 16.8. The number of carboxylic acid groups (broad SMARTS) is 1. The number of carbonyl (C=O) groups is 2. The van der Waals surface area contributed by atoms with Gasteiger partial charge in [0.1, 0.15) is 0 Å². The Bertz CT molecular complexity index is 560. The zero-order valence-corrected chi connectivity index (χ0v) is 14.1. The van der Waals surface area contributed by atoms with E-state index in [-0.39, 0.29) is 17.9 Å². The molecule has 0 atom stereocenters. The maximum atomic E-state index is 12.2. The Hall–Kier alpha value is -1.82. The van der Waals surface area contributed by atoms with Crippen molar-refractivity contribution in [1.29, 1.82) is 0 Å². The number of piperidine rings is 1. The number of aryl methyl sites for hydroxylation is 2. The number of aromatic nitrogens is 1. The summed E-state index contributed by atoms with van der Waals surface area (Å²) < 4.78 is 1.85. The average molecular weight is 321 g/mol. The van der Waals surface area contributed by atoms with Crippen LogP contribution in [0.4, 0.5) is 0 Å². The molecule has 0 aliphatic carbocycles. The number of nitrogens with zero attached hydrogens (tertiary/aromatic N) is 2. The largest absolute Gasteiger partial charge is 0.478 e. The molecule has 1 saturated heterocycles. The smallest absolute Gasteiger partial charge is 0.337 e. The quantitative estimate of drug-likeness (QED) is 0.801. The molecule has 6 heteroatoms. The van der Waals surface area contributed by atoms with Crippen molar-refractivity contribution in [2.24, 2.45) is 0 Å². The van der Waals surface area contributed by atoms with Crippen LogP contribution in [0.5, 0.6) is 0 Å². The van der Waals surface area contributed by atoms with Crippen molar-refractivity contribution in [2.75, 3.05) is 26.2 Å². The molecule has 1 fully saturated rings. The van der Waals surface area contributed by atoms with Crippen LogP contribution in [0.25, 0.3) is 0 Å². The molecule has 2 rings (SSSR count). The molecule has 2 N–H and O–H groups in total. The van der Waals surface area contributed by atoms with Crippen LogP contribution >= 0.6 is 0 Å². The molecule has 2 heterocycles. The second-order valence-corrected chi connectivity index (χ2v) is 6.15. The minimum absolute atomic E-state index is 0.114. The van der Waals surface area contributed by atoms with Gasteiger partial charge < -0.3 is 19.9 Å². The topological polar surface area (TPSA) is 74.6 Å². The number of likely N-dealkylation sites (tertiary alicyclic amines) is 1. The van der Waals surface area contributed by atoms with Crippen molar-refractivity contribution in [3.05, 3.63) is 23.0 Å². The fourth-order valence-electron chi connectivity index (χ4n) is 3.26. The Labute approximate surface area is 137 Å². The minimum atomic E-state index is -0.967. The Balaban J connectivity index is 1.90. The van der Waals surface area contributed by atoms with Crippen molar-refractivity contribution in [1.82, 2.24) is 14.8 Å². The molecular weight excluding hydrogens is 294 g/mol. The van der Waals surface area contributed by atoms with Crippen LogP contribution in [0.15, 0.2) is 6.20 Å². The number of carbonyl (C=O) groups excluding carboxylic acids is 1. The van der Waals surface area contributed by atoms with Crippen LogP contribution in [-0.2, 0) is 17.8 Å². The molecule has 0 bridgehead atoms. The van der Waals surface area contributed by atoms with E-state index in [1.807, 2.05) is 11.5 Å². The first-order valence-corrected chi connectivity index (χ1v) is 8.44. The predicted molar refractivity (Wildman–Crippen MR) is 88.8 cm³/mol. The normalized spacial score (nSPS) is 15.6. The molecule has 0 spiro atoms. The summed E-state index contributed by atoms with van der Waals surface area (Å²) in [6, 6.07) is 0. The van der Waals surface area contributed by atoms with Gasteiger partial charge in [-0.1, -0.05) is 6.42 Å². The highest BCUT2D eigenvalue weighted by molar-refractivity contribution is 5.93. The van der Waals surface area contributed by atoms with E-state index in [1.165, 1.54) is 19.3 Å². The summed E-state index contributed by atoms with van der Waals surface area (Å²) in [4.78, 5) is 26.0. The molecule has 0 unspecified atom stereocenters. The minimum Gasteiger partial charge on any atom is -0.478 e. The van der Waals surface area contributed by atoms with Gasteiger partial charge in [-0.3, -0.25) is 4.79 Å². The van der Waals surface area contributed by atoms with E-state index in [0.717, 1.165) is 19.6 Å². The van der Waals surface area contributed by atoms with Gasteiger partial charge in [0.05, 0.1) is 12.0 Å². The van der Waals surface area contributed by atoms with Crippen LogP contribution < -0.4 is 5.32 Å². The number of aromatic carboxylic acids is 1. The van der Waals surface area contributed by atoms with E-state index in [2.05, 4.69) is 10.2 Å². The van der Waals surface area contributed by atoms with Gasteiger partial charge in [-0.25, -0.2) is 4.79 Å². The van der Waals surface area contributed by atoms with Gasteiger partial charge in [-0.05, 0) is 45.3 Å². The highest BCUT2D eigenvalue weighted by Gasteiger charge is 2.20. The second kappa shape index (κ2) is 8.15. The highest BCUT2D eigenvalue weighted by atomic mass is 16.4. The second-order valence-electron chi connectivity index (χ2n) is 6.15. The van der Waals surface area contributed by atoms with E-state index in [4.69, 9.17) is 0 Å². The molecule has 0 saturated carbocycles. The van der Waals surface area contributed by atoms with Crippen LogP contribution in [0.3, 0.4) is 0 Å². The standard InChI is InChI=1S/C17H27N3O3/c1-3-20-12-13(2)16(17(22)23)14(20)11-15(21)18-7-10-19-8-5-4-6-9-19/h12H,3-11H2,1-2H3,(H,18,21)(H,22,23). The number of rotatable bonds is 7. The maximum Gasteiger partial charge on any atom is 0.337 e. The lowest BCUT2D eigenvalue weighted by atomic mass is 10.1. The Morgan fingerprint density at radius 3 is 2.57 bits per heavy atom. The molecule has 1 aromatic heterocycles. The van der Waals surface area contributed by atoms with Crippen molar-refractivity contribution < 1.29 is 14.7 Å². The Morgan fingerprint density at radius 1 is 1.26 bits per heavy atom. The summed E-state index contributed by atoms with van der Waals surface area (Å²) in [6.07, 6.45) is 5.69. The summed E-state index contributed by atoms with van der Waals surface area (Å²) in [5.74, 6) is -1.08. The van der Waals surface area contributed by atoms with Crippen molar-refractivity contribution in [2.45, 2.75) is 46.1 Å². The molecule has 6 nitrogen and oxygen atoms in total. The molecule has 0 aromatic carbocycles. The van der Waals surface area contributed by atoms with E-state index >= 15 is 0 Å². The third kappa shape index (κ3) is 4.58. The third-order valence-corrected chi connectivity index (χ3v) is 4.46. The molecule has 0 radical (unpaired) electrons. The lowest BCUT2D eigenvalue weighted by Gasteiger charge is -2.26. The van der Waals surface area contributed by atoms with Gasteiger partial charge in [-0.15, -0.1) is 0 Å². The van der Waals surface area contributed by atoms with Crippen LogP contribution in [-0.4, -0.2) is 52.6 Å². The fraction of sp³-hybridized carbons (Fsp3) is 0.647. The Morgan fingerprint density at radius 2 is 1.96 bits per heavy atom. The predicted octanol–water partition coefficient (Wildman–Crippen LogP) is 1.66. The number of hydrogen-bond donors (Lipinski definition) is 2. The van der Waals surface area contributed by atoms with Gasteiger partial charge >= 0.3 is 5.97 Å². The number of nitrogens with one attached hydrogen (secondary N) is 1. The maximum absolute atomic E-state index is 12.2. The molecule has 23 heavy (non-hydrogen) atoms. The third-order valence-electron chi connectivity index (χ3n) is 4.46. The van der Waals surface area contributed by atoms with Gasteiger partial charge in [0.25, 0.3) is 0 Å². The summed E-state index contributed by atoms with van der Waals surface area (Å²) in [6.45, 7) is 8.08. The first-order valence-electron chi connectivity index (χ1n) is 8.44. The molecular formula is C17H27N3O3. The van der Waals surface area contributed by atoms with Crippen molar-refractivity contribution in [3.8, 4) is 0 Å². The number of carboxylic acids is 1. The SMILES string of the molecule is CCn1cc(C)c(C(=O)O)c1CC(=O)NCCN1CCCCC1. The van der Waals surface area contributed by atoms with E-state index < -0.39 is 5.97 Å². The van der Waals surface area contributed by atoms with Gasteiger partial charge in [0.15, 0.2) is 0 Å². The molecule has 128 valence electrons. The Kier molecular flexibility index (Phi) is 6.21. The number of hydrogen-bond acceptors (Lipinski definition) is 3. The van der Waals surface area contributed by atoms with Gasteiger partial charge in [0.2, 0.25) is 5.91 Å². The lowest BCUT2D eigenvalue weighted by molar-refractivity contribution is -0.120. The monoisotopic (exact) mass is 321 g/mol. The van der Waals surface area contributed by atoms with Crippen molar-refractivity contribution in [3.63, 3.8) is 0 Å². The first kappa shape index (κ1) is 17.5. The summed E-state index contributed by atoms with van der Waals surface area (Å²) in [5.41, 5.74) is 1.56. The van der Waals surface area contributed by atoms with Crippen LogP contribution in [0, 0.1) is 6.92 Å². The van der Waals surface area contributed by atoms with Crippen LogP contribution in [0.1, 0.15) is 47.8 Å². The van der Waals surface area contributed by atoms with E-state index in [0.29, 0.717) is 24.3 Å². The highest BCUT2D eigenvalue weighted by Crippen LogP contribution is 2.18. The molecule has 1 aromatic rings. The van der Waals surface area contributed by atoms with Crippen molar-refractivity contribution >= 4 is 11.9 Å². The molecule has 1 amide bonds. The van der Waals surface area contributed by atoms with E-state index in [1.54, 1.807) is 13.1 Å². The number of amides is 1.